The van der Waals surface area contributed by atoms with Crippen molar-refractivity contribution in [3.63, 3.8) is 0 Å². The lowest BCUT2D eigenvalue weighted by Crippen LogP contribution is -2.28. The van der Waals surface area contributed by atoms with E-state index in [-0.39, 0.29) is 5.82 Å². The molecule has 3 heteroatoms. The van der Waals surface area contributed by atoms with Crippen molar-refractivity contribution < 1.29 is 4.39 Å². The summed E-state index contributed by atoms with van der Waals surface area (Å²) < 4.78 is 16.4. The van der Waals surface area contributed by atoms with Crippen LogP contribution in [0.1, 0.15) is 33.4 Å². The standard InChI is InChI=1S/C71H49FN2/c1-3-48-19-31-57(32-20-48)71(56-15-9-6-10-16-56)67-18-12-11-17-63(67)64-42-41-62(47-68(64)71)73(59-37-25-52(26-38-59)51-23-33-58(72)34-24-51)60-39-27-53(28-40-60)55-30-44-70-66(46-55)65-45-54(50-13-7-5-8-14-50)29-43-69(65)74(70)61-35-21-49(4-2)22-36-61/h3-47H,1-2H2. The summed E-state index contributed by atoms with van der Waals surface area (Å²) in [5, 5.41) is 2.39. The lowest BCUT2D eigenvalue weighted by Gasteiger charge is -2.35. The molecule has 0 bridgehead atoms. The number of aromatic nitrogens is 1. The normalized spacial score (nSPS) is 13.6. The number of halogens is 1. The van der Waals surface area contributed by atoms with Crippen molar-refractivity contribution in [1.29, 1.82) is 0 Å². The zero-order valence-electron chi connectivity index (χ0n) is 40.7. The molecule has 0 spiro atoms. The molecular weight excluding hydrogens is 900 g/mol. The Morgan fingerprint density at radius 2 is 0.811 bits per heavy atom. The van der Waals surface area contributed by atoms with Gasteiger partial charge in [0.1, 0.15) is 5.82 Å². The molecule has 0 saturated heterocycles. The van der Waals surface area contributed by atoms with E-state index in [1.165, 1.54) is 67.4 Å². The van der Waals surface area contributed by atoms with E-state index in [9.17, 15) is 4.39 Å². The predicted octanol–water partition coefficient (Wildman–Crippen LogP) is 19.0. The van der Waals surface area contributed by atoms with Crippen molar-refractivity contribution in [3.8, 4) is 50.2 Å². The molecule has 1 unspecified atom stereocenters. The fourth-order valence-corrected chi connectivity index (χ4v) is 11.5. The van der Waals surface area contributed by atoms with Gasteiger partial charge in [-0.1, -0.05) is 201 Å². The molecule has 0 amide bonds. The van der Waals surface area contributed by atoms with Gasteiger partial charge in [0, 0.05) is 33.5 Å². The second kappa shape index (κ2) is 18.2. The molecule has 1 heterocycles. The van der Waals surface area contributed by atoms with Crippen molar-refractivity contribution in [1.82, 2.24) is 4.57 Å². The second-order valence-corrected chi connectivity index (χ2v) is 19.1. The average molecular weight is 949 g/mol. The third-order valence-corrected chi connectivity index (χ3v) is 15.1. The molecule has 13 rings (SSSR count). The highest BCUT2D eigenvalue weighted by Gasteiger charge is 2.46. The SMILES string of the molecule is C=Cc1ccc(-n2c3ccc(-c4ccccc4)cc3c3cc(-c4ccc(N(c5ccc(-c6ccc(F)cc6)cc5)c5ccc6c(c5)C(c5ccccc5)(c5ccc(C=C)cc5)c5ccccc5-6)cc4)ccc32)cc1. The molecule has 11 aromatic carbocycles. The van der Waals surface area contributed by atoms with Crippen molar-refractivity contribution in [2.45, 2.75) is 5.41 Å². The van der Waals surface area contributed by atoms with E-state index in [0.717, 1.165) is 67.2 Å². The molecule has 0 fully saturated rings. The van der Waals surface area contributed by atoms with E-state index < -0.39 is 5.41 Å². The minimum atomic E-state index is -0.594. The molecule has 12 aromatic rings. The Bertz CT molecular complexity index is 4060. The molecule has 2 nitrogen and oxygen atoms in total. The van der Waals surface area contributed by atoms with E-state index in [2.05, 4.69) is 259 Å². The lowest BCUT2D eigenvalue weighted by molar-refractivity contribution is 0.628. The minimum Gasteiger partial charge on any atom is -0.310 e. The molecule has 1 atom stereocenters. The zero-order valence-corrected chi connectivity index (χ0v) is 40.7. The number of rotatable bonds is 11. The largest absolute Gasteiger partial charge is 0.310 e. The van der Waals surface area contributed by atoms with E-state index in [4.69, 9.17) is 0 Å². The van der Waals surface area contributed by atoms with Crippen LogP contribution < -0.4 is 4.90 Å². The molecule has 74 heavy (non-hydrogen) atoms. The first kappa shape index (κ1) is 44.4. The molecule has 0 N–H and O–H groups in total. The summed E-state index contributed by atoms with van der Waals surface area (Å²) in [6.45, 7) is 8.06. The van der Waals surface area contributed by atoms with Crippen LogP contribution in [0.5, 0.6) is 0 Å². The third-order valence-electron chi connectivity index (χ3n) is 15.1. The topological polar surface area (TPSA) is 8.17 Å². The Kier molecular flexibility index (Phi) is 10.9. The van der Waals surface area contributed by atoms with Gasteiger partial charge in [0.25, 0.3) is 0 Å². The first-order valence-electron chi connectivity index (χ1n) is 25.1. The maximum Gasteiger partial charge on any atom is 0.123 e. The molecule has 0 radical (unpaired) electrons. The van der Waals surface area contributed by atoms with Crippen molar-refractivity contribution in [2.24, 2.45) is 0 Å². The molecule has 1 aliphatic rings. The van der Waals surface area contributed by atoms with Crippen LogP contribution >= 0.6 is 0 Å². The Balaban J connectivity index is 0.963. The summed E-state index contributed by atoms with van der Waals surface area (Å²) in [6, 6.07) is 92.9. The Hall–Kier alpha value is -9.57. The van der Waals surface area contributed by atoms with Crippen molar-refractivity contribution >= 4 is 51.0 Å². The summed E-state index contributed by atoms with van der Waals surface area (Å²) in [7, 11) is 0. The van der Waals surface area contributed by atoms with E-state index in [1.807, 2.05) is 24.3 Å². The summed E-state index contributed by atoms with van der Waals surface area (Å²) >= 11 is 0. The highest BCUT2D eigenvalue weighted by atomic mass is 19.1. The van der Waals surface area contributed by atoms with E-state index in [0.29, 0.717) is 0 Å². The lowest BCUT2D eigenvalue weighted by atomic mass is 9.67. The average Bonchev–Trinajstić information content (AvgIpc) is 4.06. The number of benzene rings is 11. The molecule has 350 valence electrons. The summed E-state index contributed by atoms with van der Waals surface area (Å²) in [5.74, 6) is -0.249. The molecule has 1 aliphatic carbocycles. The van der Waals surface area contributed by atoms with E-state index in [1.54, 1.807) is 0 Å². The van der Waals surface area contributed by atoms with Crippen LogP contribution in [0.2, 0.25) is 0 Å². The number of hydrogen-bond donors (Lipinski definition) is 0. The molecular formula is C71H49FN2. The van der Waals surface area contributed by atoms with Gasteiger partial charge in [-0.2, -0.15) is 0 Å². The van der Waals surface area contributed by atoms with Crippen LogP contribution in [-0.2, 0) is 5.41 Å². The maximum atomic E-state index is 14.0. The van der Waals surface area contributed by atoms with Gasteiger partial charge >= 0.3 is 0 Å². The number of nitrogens with zero attached hydrogens (tertiary/aromatic N) is 2. The van der Waals surface area contributed by atoms with Gasteiger partial charge in [0.2, 0.25) is 0 Å². The van der Waals surface area contributed by atoms with Crippen LogP contribution in [0.15, 0.2) is 274 Å². The zero-order chi connectivity index (χ0) is 49.8. The summed E-state index contributed by atoms with van der Waals surface area (Å²) in [4.78, 5) is 2.36. The Morgan fingerprint density at radius 1 is 0.365 bits per heavy atom. The first-order valence-corrected chi connectivity index (χ1v) is 25.1. The number of fused-ring (bicyclic) bond motifs is 6. The molecule has 0 aliphatic heterocycles. The monoisotopic (exact) mass is 948 g/mol. The van der Waals surface area contributed by atoms with Gasteiger partial charge in [-0.05, 0) is 163 Å². The van der Waals surface area contributed by atoms with Gasteiger partial charge in [0.15, 0.2) is 0 Å². The van der Waals surface area contributed by atoms with Crippen LogP contribution in [0.3, 0.4) is 0 Å². The van der Waals surface area contributed by atoms with Crippen molar-refractivity contribution in [3.05, 3.63) is 313 Å². The maximum absolute atomic E-state index is 14.0. The molecule has 0 saturated carbocycles. The van der Waals surface area contributed by atoms with Crippen LogP contribution in [-0.4, -0.2) is 4.57 Å². The third kappa shape index (κ3) is 7.40. The number of anilines is 3. The first-order chi connectivity index (χ1) is 36.5. The Morgan fingerprint density at radius 3 is 1.39 bits per heavy atom. The predicted molar refractivity (Wildman–Crippen MR) is 309 cm³/mol. The molecule has 1 aromatic heterocycles. The van der Waals surface area contributed by atoms with Crippen LogP contribution in [0, 0.1) is 5.82 Å². The summed E-state index contributed by atoms with van der Waals surface area (Å²) in [6.07, 6.45) is 3.79. The smallest absolute Gasteiger partial charge is 0.123 e. The Labute approximate surface area is 431 Å². The number of hydrogen-bond acceptors (Lipinski definition) is 1. The van der Waals surface area contributed by atoms with E-state index >= 15 is 0 Å². The van der Waals surface area contributed by atoms with Gasteiger partial charge in [-0.15, -0.1) is 0 Å². The minimum absolute atomic E-state index is 0.249. The van der Waals surface area contributed by atoms with Crippen LogP contribution in [0.25, 0.3) is 84.2 Å². The van der Waals surface area contributed by atoms with Gasteiger partial charge in [-0.3, -0.25) is 0 Å². The quantitative estimate of drug-likeness (QED) is 0.125. The highest BCUT2D eigenvalue weighted by Crippen LogP contribution is 2.57. The highest BCUT2D eigenvalue weighted by molar-refractivity contribution is 6.11. The van der Waals surface area contributed by atoms with Crippen LogP contribution in [0.4, 0.5) is 21.5 Å². The van der Waals surface area contributed by atoms with Gasteiger partial charge < -0.3 is 9.47 Å². The second-order valence-electron chi connectivity index (χ2n) is 19.1. The fraction of sp³-hybridized carbons (Fsp3) is 0.0141. The van der Waals surface area contributed by atoms with Gasteiger partial charge in [-0.25, -0.2) is 4.39 Å². The van der Waals surface area contributed by atoms with Crippen molar-refractivity contribution in [2.75, 3.05) is 4.90 Å². The fourth-order valence-electron chi connectivity index (χ4n) is 11.5. The summed E-state index contributed by atoms with van der Waals surface area (Å²) in [5.41, 5.74) is 22.0. The van der Waals surface area contributed by atoms with Gasteiger partial charge in [0.05, 0.1) is 16.4 Å².